The van der Waals surface area contributed by atoms with E-state index < -0.39 is 0 Å². The van der Waals surface area contributed by atoms with Gasteiger partial charge in [-0.25, -0.2) is 0 Å². The molecule has 1 amide bonds. The molecule has 0 spiro atoms. The van der Waals surface area contributed by atoms with Crippen LogP contribution in [0.4, 0.5) is 5.69 Å². The molecule has 3 heteroatoms. The fourth-order valence-electron chi connectivity index (χ4n) is 3.03. The van der Waals surface area contributed by atoms with Gasteiger partial charge < -0.3 is 11.1 Å². The molecule has 104 valence electrons. The minimum Gasteiger partial charge on any atom is -0.398 e. The fraction of sp³-hybridized carbons (Fsp3) is 0.562. The van der Waals surface area contributed by atoms with Crippen molar-refractivity contribution in [1.82, 2.24) is 5.32 Å². The van der Waals surface area contributed by atoms with Gasteiger partial charge in [-0.05, 0) is 44.2 Å². The quantitative estimate of drug-likeness (QED) is 0.819. The molecular formula is C16H24N2O. The average Bonchev–Trinajstić information content (AvgIpc) is 2.39. The van der Waals surface area contributed by atoms with E-state index in [1.165, 1.54) is 32.1 Å². The maximum absolute atomic E-state index is 12.3. The van der Waals surface area contributed by atoms with Crippen molar-refractivity contribution in [3.8, 4) is 0 Å². The minimum absolute atomic E-state index is 0.0336. The Morgan fingerprint density at radius 3 is 2.63 bits per heavy atom. The van der Waals surface area contributed by atoms with Crippen molar-refractivity contribution in [2.24, 2.45) is 5.92 Å². The molecule has 3 nitrogen and oxygen atoms in total. The number of benzene rings is 1. The number of anilines is 1. The lowest BCUT2D eigenvalue weighted by atomic mass is 9.84. The van der Waals surface area contributed by atoms with Gasteiger partial charge in [0.15, 0.2) is 0 Å². The predicted molar refractivity (Wildman–Crippen MR) is 79.1 cm³/mol. The number of carbonyl (C=O) groups excluding carboxylic acids is 1. The minimum atomic E-state index is -0.0336. The van der Waals surface area contributed by atoms with Gasteiger partial charge in [-0.2, -0.15) is 0 Å². The molecule has 1 aliphatic carbocycles. The normalized spacial score (nSPS) is 18.0. The van der Waals surface area contributed by atoms with Gasteiger partial charge in [-0.3, -0.25) is 4.79 Å². The third-order valence-corrected chi connectivity index (χ3v) is 4.25. The number of nitrogens with two attached hydrogens (primary N) is 1. The molecule has 19 heavy (non-hydrogen) atoms. The molecule has 1 atom stereocenters. The van der Waals surface area contributed by atoms with Crippen molar-refractivity contribution in [2.45, 2.75) is 52.0 Å². The van der Waals surface area contributed by atoms with Gasteiger partial charge in [0.2, 0.25) is 0 Å². The fourth-order valence-corrected chi connectivity index (χ4v) is 3.03. The first kappa shape index (κ1) is 13.9. The zero-order valence-electron chi connectivity index (χ0n) is 11.9. The van der Waals surface area contributed by atoms with Crippen LogP contribution in [0.5, 0.6) is 0 Å². The second kappa shape index (κ2) is 6.09. The summed E-state index contributed by atoms with van der Waals surface area (Å²) in [4.78, 5) is 12.3. The van der Waals surface area contributed by atoms with Crippen molar-refractivity contribution in [2.75, 3.05) is 5.73 Å². The summed E-state index contributed by atoms with van der Waals surface area (Å²) >= 11 is 0. The zero-order valence-corrected chi connectivity index (χ0v) is 11.9. The van der Waals surface area contributed by atoms with Gasteiger partial charge in [0, 0.05) is 11.7 Å². The van der Waals surface area contributed by atoms with E-state index in [0.717, 1.165) is 5.56 Å². The van der Waals surface area contributed by atoms with E-state index >= 15 is 0 Å². The van der Waals surface area contributed by atoms with E-state index in [2.05, 4.69) is 12.2 Å². The highest BCUT2D eigenvalue weighted by Crippen LogP contribution is 2.26. The highest BCUT2D eigenvalue weighted by Gasteiger charge is 2.23. The molecule has 0 aromatic heterocycles. The molecular weight excluding hydrogens is 236 g/mol. The Morgan fingerprint density at radius 1 is 1.32 bits per heavy atom. The Kier molecular flexibility index (Phi) is 4.46. The molecule has 2 rings (SSSR count). The van der Waals surface area contributed by atoms with Crippen molar-refractivity contribution in [3.63, 3.8) is 0 Å². The summed E-state index contributed by atoms with van der Waals surface area (Å²) in [6.45, 7) is 4.04. The Balaban J connectivity index is 2.04. The van der Waals surface area contributed by atoms with Crippen LogP contribution in [-0.2, 0) is 0 Å². The summed E-state index contributed by atoms with van der Waals surface area (Å²) in [7, 11) is 0. The topological polar surface area (TPSA) is 55.1 Å². The SMILES string of the molecule is Cc1cccc(N)c1C(=O)NC(C)C1CCCCC1. The van der Waals surface area contributed by atoms with Crippen molar-refractivity contribution in [1.29, 1.82) is 0 Å². The maximum atomic E-state index is 12.3. The number of aryl methyl sites for hydroxylation is 1. The Hall–Kier alpha value is -1.51. The van der Waals surface area contributed by atoms with E-state index in [9.17, 15) is 4.79 Å². The van der Waals surface area contributed by atoms with Crippen LogP contribution in [0.15, 0.2) is 18.2 Å². The van der Waals surface area contributed by atoms with E-state index in [1.807, 2.05) is 19.1 Å². The third-order valence-electron chi connectivity index (χ3n) is 4.25. The van der Waals surface area contributed by atoms with Crippen LogP contribution in [0, 0.1) is 12.8 Å². The Labute approximate surface area is 115 Å². The molecule has 1 fully saturated rings. The molecule has 1 aliphatic rings. The largest absolute Gasteiger partial charge is 0.398 e. The molecule has 1 saturated carbocycles. The second-order valence-electron chi connectivity index (χ2n) is 5.70. The number of hydrogen-bond acceptors (Lipinski definition) is 2. The number of amides is 1. The third kappa shape index (κ3) is 3.28. The van der Waals surface area contributed by atoms with E-state index in [4.69, 9.17) is 5.73 Å². The summed E-state index contributed by atoms with van der Waals surface area (Å²) < 4.78 is 0. The van der Waals surface area contributed by atoms with Crippen LogP contribution >= 0.6 is 0 Å². The second-order valence-corrected chi connectivity index (χ2v) is 5.70. The molecule has 0 saturated heterocycles. The van der Waals surface area contributed by atoms with Gasteiger partial charge in [-0.15, -0.1) is 0 Å². The molecule has 0 radical (unpaired) electrons. The molecule has 1 aromatic carbocycles. The lowest BCUT2D eigenvalue weighted by molar-refractivity contribution is 0.0919. The first-order valence-corrected chi connectivity index (χ1v) is 7.25. The average molecular weight is 260 g/mol. The van der Waals surface area contributed by atoms with Crippen molar-refractivity contribution in [3.05, 3.63) is 29.3 Å². The summed E-state index contributed by atoms with van der Waals surface area (Å²) in [6.07, 6.45) is 6.37. The van der Waals surface area contributed by atoms with E-state index in [-0.39, 0.29) is 11.9 Å². The molecule has 3 N–H and O–H groups in total. The van der Waals surface area contributed by atoms with Gasteiger partial charge in [-0.1, -0.05) is 31.4 Å². The monoisotopic (exact) mass is 260 g/mol. The van der Waals surface area contributed by atoms with E-state index in [0.29, 0.717) is 17.2 Å². The summed E-state index contributed by atoms with van der Waals surface area (Å²) in [5.74, 6) is 0.580. The number of hydrogen-bond donors (Lipinski definition) is 2. The van der Waals surface area contributed by atoms with Crippen LogP contribution in [-0.4, -0.2) is 11.9 Å². The van der Waals surface area contributed by atoms with Crippen LogP contribution < -0.4 is 11.1 Å². The standard InChI is InChI=1S/C16H24N2O/c1-11-7-6-10-14(17)15(11)16(19)18-12(2)13-8-4-3-5-9-13/h6-7,10,12-13H,3-5,8-9,17H2,1-2H3,(H,18,19). The first-order chi connectivity index (χ1) is 9.09. The van der Waals surface area contributed by atoms with Gasteiger partial charge in [0.05, 0.1) is 5.56 Å². The Bertz CT molecular complexity index is 430. The maximum Gasteiger partial charge on any atom is 0.253 e. The molecule has 0 aliphatic heterocycles. The number of nitrogens with one attached hydrogen (secondary N) is 1. The summed E-state index contributed by atoms with van der Waals surface area (Å²) in [6, 6.07) is 5.82. The van der Waals surface area contributed by atoms with Crippen molar-refractivity contribution < 1.29 is 4.79 Å². The van der Waals surface area contributed by atoms with Crippen LogP contribution in [0.1, 0.15) is 54.9 Å². The number of rotatable bonds is 3. The molecule has 1 unspecified atom stereocenters. The number of nitrogen functional groups attached to an aromatic ring is 1. The summed E-state index contributed by atoms with van der Waals surface area (Å²) in [5.41, 5.74) is 8.05. The highest BCUT2D eigenvalue weighted by atomic mass is 16.1. The van der Waals surface area contributed by atoms with Gasteiger partial charge in [0.25, 0.3) is 5.91 Å². The van der Waals surface area contributed by atoms with Crippen LogP contribution in [0.3, 0.4) is 0 Å². The Morgan fingerprint density at radius 2 is 2.00 bits per heavy atom. The molecule has 1 aromatic rings. The van der Waals surface area contributed by atoms with Crippen LogP contribution in [0.2, 0.25) is 0 Å². The predicted octanol–water partition coefficient (Wildman–Crippen LogP) is 3.28. The zero-order chi connectivity index (χ0) is 13.8. The highest BCUT2D eigenvalue weighted by molar-refractivity contribution is 6.00. The lowest BCUT2D eigenvalue weighted by Crippen LogP contribution is -2.39. The molecule has 0 bridgehead atoms. The first-order valence-electron chi connectivity index (χ1n) is 7.25. The van der Waals surface area contributed by atoms with Crippen LogP contribution in [0.25, 0.3) is 0 Å². The molecule has 0 heterocycles. The van der Waals surface area contributed by atoms with Crippen molar-refractivity contribution >= 4 is 11.6 Å². The lowest BCUT2D eigenvalue weighted by Gasteiger charge is -2.28. The van der Waals surface area contributed by atoms with Gasteiger partial charge >= 0.3 is 0 Å². The number of carbonyl (C=O) groups is 1. The van der Waals surface area contributed by atoms with E-state index in [1.54, 1.807) is 6.07 Å². The smallest absolute Gasteiger partial charge is 0.253 e. The summed E-state index contributed by atoms with van der Waals surface area (Å²) in [5, 5.41) is 3.13. The van der Waals surface area contributed by atoms with Gasteiger partial charge in [0.1, 0.15) is 0 Å².